The number of esters is 1. The van der Waals surface area contributed by atoms with Crippen LogP contribution in [-0.4, -0.2) is 46.5 Å². The number of carbonyl (C=O) groups excluding carboxylic acids is 2. The fraction of sp³-hybridized carbons (Fsp3) is 0.850. The normalized spacial score (nSPS) is 27.5. The first-order chi connectivity index (χ1) is 12.4. The highest BCUT2D eigenvalue weighted by Gasteiger charge is 2.48. The van der Waals surface area contributed by atoms with E-state index in [9.17, 15) is 19.5 Å². The molecule has 1 aliphatic heterocycles. The molecule has 0 aromatic heterocycles. The summed E-state index contributed by atoms with van der Waals surface area (Å²) in [5.41, 5.74) is 0. The Hall–Kier alpha value is -1.59. The van der Waals surface area contributed by atoms with Crippen molar-refractivity contribution >= 4 is 17.8 Å². The molecule has 1 saturated heterocycles. The molecule has 0 aromatic rings. The lowest BCUT2D eigenvalue weighted by atomic mass is 9.84. The van der Waals surface area contributed by atoms with E-state index in [0.717, 1.165) is 32.1 Å². The SMILES string of the molecule is CCC[C@H](C[C@@H](C)C(=O)N1[C@H](C(=O)O)C[C@@H]2CCCC[C@@H]21)C(=O)OCC. The van der Waals surface area contributed by atoms with Gasteiger partial charge in [-0.3, -0.25) is 9.59 Å². The molecule has 0 radical (unpaired) electrons. The molecule has 1 heterocycles. The summed E-state index contributed by atoms with van der Waals surface area (Å²) < 4.78 is 5.15. The van der Waals surface area contributed by atoms with E-state index < -0.39 is 12.0 Å². The summed E-state index contributed by atoms with van der Waals surface area (Å²) in [6.07, 6.45) is 6.58. The van der Waals surface area contributed by atoms with Crippen LogP contribution in [0.15, 0.2) is 0 Å². The maximum atomic E-state index is 13.1. The smallest absolute Gasteiger partial charge is 0.326 e. The molecule has 6 nitrogen and oxygen atoms in total. The van der Waals surface area contributed by atoms with Gasteiger partial charge in [-0.2, -0.15) is 0 Å². The van der Waals surface area contributed by atoms with Crippen LogP contribution in [0.25, 0.3) is 0 Å². The quantitative estimate of drug-likeness (QED) is 0.666. The number of ether oxygens (including phenoxy) is 1. The highest BCUT2D eigenvalue weighted by atomic mass is 16.5. The Balaban J connectivity index is 2.10. The van der Waals surface area contributed by atoms with Gasteiger partial charge in [0.05, 0.1) is 12.5 Å². The molecular formula is C20H33NO5. The van der Waals surface area contributed by atoms with Crippen LogP contribution in [0.2, 0.25) is 0 Å². The lowest BCUT2D eigenvalue weighted by Crippen LogP contribution is -2.48. The van der Waals surface area contributed by atoms with E-state index in [2.05, 4.69) is 0 Å². The zero-order valence-electron chi connectivity index (χ0n) is 16.3. The van der Waals surface area contributed by atoms with E-state index >= 15 is 0 Å². The van der Waals surface area contributed by atoms with E-state index in [1.165, 1.54) is 0 Å². The zero-order valence-corrected chi connectivity index (χ0v) is 16.3. The first kappa shape index (κ1) is 20.7. The minimum atomic E-state index is -0.907. The monoisotopic (exact) mass is 367 g/mol. The molecule has 1 saturated carbocycles. The summed E-state index contributed by atoms with van der Waals surface area (Å²) in [5.74, 6) is -1.64. The number of carboxylic acid groups (broad SMARTS) is 1. The maximum absolute atomic E-state index is 13.1. The Kier molecular flexibility index (Phi) is 7.47. The van der Waals surface area contributed by atoms with Gasteiger partial charge in [0.25, 0.3) is 0 Å². The van der Waals surface area contributed by atoms with Gasteiger partial charge >= 0.3 is 11.9 Å². The number of aliphatic carboxylic acids is 1. The van der Waals surface area contributed by atoms with Crippen LogP contribution >= 0.6 is 0 Å². The summed E-state index contributed by atoms with van der Waals surface area (Å²) in [6.45, 7) is 5.93. The third kappa shape index (κ3) is 4.57. The van der Waals surface area contributed by atoms with E-state index in [1.807, 2.05) is 13.8 Å². The molecule has 1 amide bonds. The number of nitrogens with zero attached hydrogens (tertiary/aromatic N) is 1. The van der Waals surface area contributed by atoms with Gasteiger partial charge in [-0.25, -0.2) is 4.79 Å². The molecule has 2 aliphatic rings. The fourth-order valence-corrected chi connectivity index (χ4v) is 4.72. The van der Waals surface area contributed by atoms with Crippen molar-refractivity contribution in [3.05, 3.63) is 0 Å². The molecule has 148 valence electrons. The minimum Gasteiger partial charge on any atom is -0.480 e. The van der Waals surface area contributed by atoms with Gasteiger partial charge in [0.15, 0.2) is 0 Å². The Morgan fingerprint density at radius 3 is 2.50 bits per heavy atom. The Morgan fingerprint density at radius 1 is 1.19 bits per heavy atom. The lowest BCUT2D eigenvalue weighted by molar-refractivity contribution is -0.153. The second-order valence-electron chi connectivity index (χ2n) is 7.82. The van der Waals surface area contributed by atoms with E-state index in [-0.39, 0.29) is 29.8 Å². The number of rotatable bonds is 8. The van der Waals surface area contributed by atoms with Crippen LogP contribution in [0.4, 0.5) is 0 Å². The van der Waals surface area contributed by atoms with Crippen molar-refractivity contribution in [1.29, 1.82) is 0 Å². The van der Waals surface area contributed by atoms with Crippen molar-refractivity contribution in [2.24, 2.45) is 17.8 Å². The topological polar surface area (TPSA) is 83.9 Å². The highest BCUT2D eigenvalue weighted by Crippen LogP contribution is 2.41. The third-order valence-electron chi connectivity index (χ3n) is 5.94. The van der Waals surface area contributed by atoms with Gasteiger partial charge in [0.1, 0.15) is 6.04 Å². The van der Waals surface area contributed by atoms with Gasteiger partial charge in [0, 0.05) is 12.0 Å². The third-order valence-corrected chi connectivity index (χ3v) is 5.94. The second-order valence-corrected chi connectivity index (χ2v) is 7.82. The Morgan fingerprint density at radius 2 is 1.88 bits per heavy atom. The van der Waals surface area contributed by atoms with Crippen molar-refractivity contribution in [2.75, 3.05) is 6.61 Å². The molecule has 5 atom stereocenters. The van der Waals surface area contributed by atoms with E-state index in [4.69, 9.17) is 4.74 Å². The molecule has 26 heavy (non-hydrogen) atoms. The van der Waals surface area contributed by atoms with Crippen molar-refractivity contribution in [1.82, 2.24) is 4.90 Å². The van der Waals surface area contributed by atoms with Crippen molar-refractivity contribution in [2.45, 2.75) is 84.2 Å². The summed E-state index contributed by atoms with van der Waals surface area (Å²) in [6, 6.07) is -0.669. The van der Waals surface area contributed by atoms with Crippen molar-refractivity contribution < 1.29 is 24.2 Å². The Bertz CT molecular complexity index is 520. The van der Waals surface area contributed by atoms with Gasteiger partial charge < -0.3 is 14.7 Å². The largest absolute Gasteiger partial charge is 0.480 e. The molecule has 0 unspecified atom stereocenters. The maximum Gasteiger partial charge on any atom is 0.326 e. The van der Waals surface area contributed by atoms with Crippen LogP contribution in [-0.2, 0) is 19.1 Å². The molecular weight excluding hydrogens is 334 g/mol. The first-order valence-corrected chi connectivity index (χ1v) is 10.1. The summed E-state index contributed by atoms with van der Waals surface area (Å²) in [7, 11) is 0. The highest BCUT2D eigenvalue weighted by molar-refractivity contribution is 5.86. The molecule has 2 rings (SSSR count). The molecule has 0 spiro atoms. The number of hydrogen-bond donors (Lipinski definition) is 1. The number of fused-ring (bicyclic) bond motifs is 1. The summed E-state index contributed by atoms with van der Waals surface area (Å²) >= 11 is 0. The zero-order chi connectivity index (χ0) is 19.3. The van der Waals surface area contributed by atoms with Gasteiger partial charge in [-0.05, 0) is 44.9 Å². The molecule has 2 fully saturated rings. The minimum absolute atomic E-state index is 0.0482. The van der Waals surface area contributed by atoms with Crippen LogP contribution in [0.5, 0.6) is 0 Å². The van der Waals surface area contributed by atoms with Crippen LogP contribution in [0.3, 0.4) is 0 Å². The Labute approximate surface area is 156 Å². The molecule has 0 bridgehead atoms. The van der Waals surface area contributed by atoms with Crippen LogP contribution in [0.1, 0.15) is 72.1 Å². The van der Waals surface area contributed by atoms with Gasteiger partial charge in [0.2, 0.25) is 5.91 Å². The van der Waals surface area contributed by atoms with Crippen LogP contribution in [0, 0.1) is 17.8 Å². The first-order valence-electron chi connectivity index (χ1n) is 10.1. The fourth-order valence-electron chi connectivity index (χ4n) is 4.72. The number of likely N-dealkylation sites (tertiary alicyclic amines) is 1. The lowest BCUT2D eigenvalue weighted by Gasteiger charge is -2.35. The van der Waals surface area contributed by atoms with E-state index in [1.54, 1.807) is 11.8 Å². The molecule has 0 aromatic carbocycles. The van der Waals surface area contributed by atoms with Gasteiger partial charge in [-0.15, -0.1) is 0 Å². The predicted molar refractivity (Wildman–Crippen MR) is 97.4 cm³/mol. The molecule has 6 heteroatoms. The number of carboxylic acids is 1. The number of amides is 1. The van der Waals surface area contributed by atoms with E-state index in [0.29, 0.717) is 31.8 Å². The van der Waals surface area contributed by atoms with Gasteiger partial charge in [-0.1, -0.05) is 33.1 Å². The standard InChI is InChI=1S/C20H33NO5/c1-4-8-15(20(25)26-5-2)11-13(3)18(22)21-16-10-7-6-9-14(16)12-17(21)19(23)24/h13-17H,4-12H2,1-3H3,(H,23,24)/t13-,14+,15-,16+,17+/m1/s1. The number of hydrogen-bond acceptors (Lipinski definition) is 4. The molecule has 1 N–H and O–H groups in total. The summed E-state index contributed by atoms with van der Waals surface area (Å²) in [4.78, 5) is 38.7. The van der Waals surface area contributed by atoms with Crippen molar-refractivity contribution in [3.63, 3.8) is 0 Å². The molecule has 1 aliphatic carbocycles. The van der Waals surface area contributed by atoms with Crippen LogP contribution < -0.4 is 0 Å². The second kappa shape index (κ2) is 9.38. The summed E-state index contributed by atoms with van der Waals surface area (Å²) in [5, 5.41) is 9.62. The predicted octanol–water partition coefficient (Wildman–Crippen LogP) is 3.24. The van der Waals surface area contributed by atoms with Crippen molar-refractivity contribution in [3.8, 4) is 0 Å². The average molecular weight is 367 g/mol. The number of carbonyl (C=O) groups is 3. The average Bonchev–Trinajstić information content (AvgIpc) is 3.00.